The summed E-state index contributed by atoms with van der Waals surface area (Å²) in [6.45, 7) is 10.5. The van der Waals surface area contributed by atoms with E-state index >= 15 is 0 Å². The van der Waals surface area contributed by atoms with Crippen molar-refractivity contribution < 1.29 is 18.8 Å². The second kappa shape index (κ2) is 12.9. The number of benzene rings is 1. The first-order valence-electron chi connectivity index (χ1n) is 14.1. The molecule has 1 N–H and O–H groups in total. The van der Waals surface area contributed by atoms with Gasteiger partial charge in [-0.25, -0.2) is 9.67 Å². The van der Waals surface area contributed by atoms with Gasteiger partial charge >= 0.3 is 0 Å². The molecule has 1 aliphatic heterocycles. The van der Waals surface area contributed by atoms with Gasteiger partial charge in [0.15, 0.2) is 0 Å². The van der Waals surface area contributed by atoms with Gasteiger partial charge in [-0.1, -0.05) is 37.6 Å². The van der Waals surface area contributed by atoms with Crippen molar-refractivity contribution in [3.05, 3.63) is 58.3 Å². The van der Waals surface area contributed by atoms with Crippen molar-refractivity contribution in [2.24, 2.45) is 5.92 Å². The van der Waals surface area contributed by atoms with Gasteiger partial charge in [0.25, 0.3) is 5.91 Å². The summed E-state index contributed by atoms with van der Waals surface area (Å²) in [5, 5.41) is 8.24. The quantitative estimate of drug-likeness (QED) is 0.473. The Hall–Kier alpha value is -3.66. The van der Waals surface area contributed by atoms with Crippen molar-refractivity contribution in [1.82, 2.24) is 29.9 Å². The Morgan fingerprint density at radius 1 is 1.17 bits per heavy atom. The lowest BCUT2D eigenvalue weighted by atomic mass is 10.0. The number of hydrogen-bond donors (Lipinski definition) is 1. The van der Waals surface area contributed by atoms with E-state index in [1.807, 2.05) is 25.1 Å². The Balaban J connectivity index is 1.67. The van der Waals surface area contributed by atoms with Crippen LogP contribution in [-0.4, -0.2) is 68.5 Å². The van der Waals surface area contributed by atoms with E-state index in [1.165, 1.54) is 4.90 Å². The predicted molar refractivity (Wildman–Crippen MR) is 156 cm³/mol. The van der Waals surface area contributed by atoms with Gasteiger partial charge in [-0.15, -0.1) is 0 Å². The fourth-order valence-electron chi connectivity index (χ4n) is 5.06. The largest absolute Gasteiger partial charge is 0.460 e. The van der Waals surface area contributed by atoms with Crippen LogP contribution in [0.15, 0.2) is 34.7 Å². The molecule has 2 aromatic heterocycles. The third kappa shape index (κ3) is 6.98. The van der Waals surface area contributed by atoms with Crippen LogP contribution in [0.1, 0.15) is 73.8 Å². The number of aromatic nitrogens is 3. The highest BCUT2D eigenvalue weighted by molar-refractivity contribution is 6.33. The Kier molecular flexibility index (Phi) is 9.53. The Morgan fingerprint density at radius 2 is 1.90 bits per heavy atom. The molecule has 0 fully saturated rings. The molecular weight excluding hydrogens is 544 g/mol. The van der Waals surface area contributed by atoms with Crippen LogP contribution in [0, 0.1) is 19.8 Å². The van der Waals surface area contributed by atoms with Crippen molar-refractivity contribution in [1.29, 1.82) is 0 Å². The highest BCUT2D eigenvalue weighted by atomic mass is 35.5. The molecule has 0 spiro atoms. The van der Waals surface area contributed by atoms with E-state index in [0.29, 0.717) is 71.8 Å². The first kappa shape index (κ1) is 30.3. The van der Waals surface area contributed by atoms with Crippen molar-refractivity contribution >= 4 is 29.3 Å². The fraction of sp³-hybridized carbons (Fsp3) is 0.500. The van der Waals surface area contributed by atoms with E-state index < -0.39 is 12.1 Å². The van der Waals surface area contributed by atoms with Gasteiger partial charge in [0, 0.05) is 32.1 Å². The number of amides is 3. The van der Waals surface area contributed by atoms with E-state index in [1.54, 1.807) is 42.6 Å². The number of carbonyl (C=O) groups is 3. The van der Waals surface area contributed by atoms with Gasteiger partial charge in [0.2, 0.25) is 11.8 Å². The summed E-state index contributed by atoms with van der Waals surface area (Å²) in [7, 11) is 1.64. The molecule has 1 aromatic carbocycles. The zero-order chi connectivity index (χ0) is 29.8. The molecule has 4 rings (SSSR count). The van der Waals surface area contributed by atoms with E-state index in [4.69, 9.17) is 16.0 Å². The number of furan rings is 1. The minimum atomic E-state index is -0.660. The summed E-state index contributed by atoms with van der Waals surface area (Å²) < 4.78 is 7.75. The molecule has 3 heterocycles. The highest BCUT2D eigenvalue weighted by Crippen LogP contribution is 2.31. The maximum Gasteiger partial charge on any atom is 0.257 e. The number of rotatable bonds is 4. The summed E-state index contributed by atoms with van der Waals surface area (Å²) in [5.41, 5.74) is 1.15. The van der Waals surface area contributed by atoms with Crippen LogP contribution < -0.4 is 5.32 Å². The number of aryl methyl sites for hydroxylation is 2. The van der Waals surface area contributed by atoms with Crippen LogP contribution in [0.5, 0.6) is 0 Å². The van der Waals surface area contributed by atoms with Crippen LogP contribution in [0.2, 0.25) is 5.02 Å². The van der Waals surface area contributed by atoms with E-state index in [9.17, 15) is 14.4 Å². The first-order chi connectivity index (χ1) is 19.5. The molecular formula is C30H39ClN6O4. The molecule has 1 aliphatic rings. The average Bonchev–Trinajstić information content (AvgIpc) is 3.50. The summed E-state index contributed by atoms with van der Waals surface area (Å²) in [5.74, 6) is 1.91. The number of nitrogens with one attached hydrogen (secondary N) is 1. The standard InChI is InChI=1S/C30H39ClN6O4/c1-18(2)16-25-28-32-21(5)34-37(28)15-14-36(13-9-12-27(38)35(6)19(3)29(39)33-25)30(40)23-17-26(41-20(23)4)22-10-7-8-11-24(22)31/h7-8,10-11,17-19,25H,9,12-16H2,1-6H3,(H,33,39)/t19-,25+/m0/s1. The smallest absolute Gasteiger partial charge is 0.257 e. The molecule has 3 amide bonds. The second-order valence-corrected chi connectivity index (χ2v) is 11.5. The molecule has 220 valence electrons. The van der Waals surface area contributed by atoms with Crippen LogP contribution >= 0.6 is 11.6 Å². The average molecular weight is 583 g/mol. The molecule has 3 aromatic rings. The third-order valence-corrected chi connectivity index (χ3v) is 7.80. The molecule has 10 nitrogen and oxygen atoms in total. The highest BCUT2D eigenvalue weighted by Gasteiger charge is 2.30. The first-order valence-corrected chi connectivity index (χ1v) is 14.5. The minimum absolute atomic E-state index is 0.156. The SMILES string of the molecule is Cc1nc2n(n1)CCN(C(=O)c1cc(-c3ccccc3Cl)oc1C)CCCC(=O)N(C)[C@@H](C)C(=O)N[C@@H]2CC(C)C. The predicted octanol–water partition coefficient (Wildman–Crippen LogP) is 4.79. The van der Waals surface area contributed by atoms with Crippen LogP contribution in [0.4, 0.5) is 0 Å². The van der Waals surface area contributed by atoms with Crippen LogP contribution in [0.3, 0.4) is 0 Å². The molecule has 2 atom stereocenters. The lowest BCUT2D eigenvalue weighted by molar-refractivity contribution is -0.138. The lowest BCUT2D eigenvalue weighted by Gasteiger charge is -2.29. The van der Waals surface area contributed by atoms with Crippen LogP contribution in [0.25, 0.3) is 11.3 Å². The fourth-order valence-corrected chi connectivity index (χ4v) is 5.29. The molecule has 0 unspecified atom stereocenters. The van der Waals surface area contributed by atoms with Crippen LogP contribution in [-0.2, 0) is 16.1 Å². The summed E-state index contributed by atoms with van der Waals surface area (Å²) in [6.07, 6.45) is 1.29. The Labute approximate surface area is 246 Å². The van der Waals surface area contributed by atoms with Crippen molar-refractivity contribution in [3.8, 4) is 11.3 Å². The summed E-state index contributed by atoms with van der Waals surface area (Å²) in [4.78, 5) is 47.9. The molecule has 0 bridgehead atoms. The maximum absolute atomic E-state index is 13.9. The van der Waals surface area contributed by atoms with Gasteiger partial charge in [-0.2, -0.15) is 5.10 Å². The van der Waals surface area contributed by atoms with Gasteiger partial charge < -0.3 is 19.5 Å². The monoisotopic (exact) mass is 582 g/mol. The van der Waals surface area contributed by atoms with Gasteiger partial charge in [-0.3, -0.25) is 14.4 Å². The van der Waals surface area contributed by atoms with Gasteiger partial charge in [0.05, 0.1) is 23.2 Å². The summed E-state index contributed by atoms with van der Waals surface area (Å²) >= 11 is 6.38. The van der Waals surface area contributed by atoms with Crippen molar-refractivity contribution in [3.63, 3.8) is 0 Å². The Morgan fingerprint density at radius 3 is 2.61 bits per heavy atom. The number of likely N-dealkylation sites (N-methyl/N-ethyl adjacent to an activating group) is 1. The minimum Gasteiger partial charge on any atom is -0.460 e. The van der Waals surface area contributed by atoms with Crippen molar-refractivity contribution in [2.45, 2.75) is 72.5 Å². The maximum atomic E-state index is 13.9. The Bertz CT molecular complexity index is 1410. The topological polar surface area (TPSA) is 114 Å². The normalized spacial score (nSPS) is 19.2. The van der Waals surface area contributed by atoms with Crippen molar-refractivity contribution in [2.75, 3.05) is 20.1 Å². The van der Waals surface area contributed by atoms with Gasteiger partial charge in [0.1, 0.15) is 29.2 Å². The third-order valence-electron chi connectivity index (χ3n) is 7.47. The van der Waals surface area contributed by atoms with E-state index in [-0.39, 0.29) is 30.1 Å². The number of halogens is 1. The number of fused-ring (bicyclic) bond motifs is 1. The lowest BCUT2D eigenvalue weighted by Crippen LogP contribution is -2.47. The molecule has 11 heteroatoms. The molecule has 41 heavy (non-hydrogen) atoms. The number of hydrogen-bond acceptors (Lipinski definition) is 6. The van der Waals surface area contributed by atoms with E-state index in [2.05, 4.69) is 29.2 Å². The number of nitrogens with zero attached hydrogens (tertiary/aromatic N) is 5. The summed E-state index contributed by atoms with van der Waals surface area (Å²) in [6, 6.07) is 8.00. The van der Waals surface area contributed by atoms with Gasteiger partial charge in [-0.05, 0) is 57.7 Å². The molecule has 0 radical (unpaired) electrons. The molecule has 0 aliphatic carbocycles. The number of carbonyl (C=O) groups excluding carboxylic acids is 3. The zero-order valence-corrected chi connectivity index (χ0v) is 25.4. The van der Waals surface area contributed by atoms with E-state index in [0.717, 1.165) is 0 Å². The molecule has 0 saturated heterocycles. The second-order valence-electron chi connectivity index (χ2n) is 11.1. The molecule has 0 saturated carbocycles. The zero-order valence-electron chi connectivity index (χ0n) is 24.6.